The Hall–Kier alpha value is -1.88. The van der Waals surface area contributed by atoms with Gasteiger partial charge in [0.15, 0.2) is 0 Å². The van der Waals surface area contributed by atoms with Crippen LogP contribution in [0, 0.1) is 0 Å². The third-order valence-corrected chi connectivity index (χ3v) is 2.59. The first kappa shape index (κ1) is 16.2. The third kappa shape index (κ3) is 5.84. The lowest BCUT2D eigenvalue weighted by Gasteiger charge is -2.06. The highest BCUT2D eigenvalue weighted by Crippen LogP contribution is 2.11. The van der Waals surface area contributed by atoms with Gasteiger partial charge >= 0.3 is 5.97 Å². The maximum atomic E-state index is 11.6. The van der Waals surface area contributed by atoms with E-state index in [0.29, 0.717) is 37.3 Å². The molecule has 5 nitrogen and oxygen atoms in total. The van der Waals surface area contributed by atoms with E-state index in [1.165, 1.54) is 0 Å². The fourth-order valence-electron chi connectivity index (χ4n) is 1.57. The third-order valence-electron chi connectivity index (χ3n) is 2.59. The Morgan fingerprint density at radius 1 is 1.15 bits per heavy atom. The van der Waals surface area contributed by atoms with E-state index in [-0.39, 0.29) is 11.9 Å². The van der Waals surface area contributed by atoms with E-state index >= 15 is 0 Å². The monoisotopic (exact) mass is 279 g/mol. The first-order valence-electron chi connectivity index (χ1n) is 6.73. The number of carbonyl (C=O) groups excluding carboxylic acids is 2. The number of hydrogen-bond donors (Lipinski definition) is 1. The van der Waals surface area contributed by atoms with Gasteiger partial charge in [0.05, 0.1) is 12.2 Å². The molecule has 0 atom stereocenters. The van der Waals surface area contributed by atoms with Gasteiger partial charge in [0.2, 0.25) is 5.91 Å². The van der Waals surface area contributed by atoms with E-state index in [1.807, 2.05) is 6.92 Å². The predicted molar refractivity (Wildman–Crippen MR) is 76.8 cm³/mol. The van der Waals surface area contributed by atoms with Crippen LogP contribution in [-0.4, -0.2) is 32.2 Å². The van der Waals surface area contributed by atoms with Crippen LogP contribution in [0.1, 0.15) is 36.5 Å². The molecule has 0 aliphatic heterocycles. The van der Waals surface area contributed by atoms with E-state index < -0.39 is 0 Å². The van der Waals surface area contributed by atoms with Gasteiger partial charge in [-0.2, -0.15) is 0 Å². The van der Waals surface area contributed by atoms with Gasteiger partial charge in [-0.3, -0.25) is 4.79 Å². The summed E-state index contributed by atoms with van der Waals surface area (Å²) in [6.45, 7) is 2.92. The Bertz CT molecular complexity index is 428. The lowest BCUT2D eigenvalue weighted by Crippen LogP contribution is -2.12. The van der Waals surface area contributed by atoms with Crippen LogP contribution in [0.25, 0.3) is 0 Å². The second-order valence-electron chi connectivity index (χ2n) is 4.36. The molecular weight excluding hydrogens is 258 g/mol. The summed E-state index contributed by atoms with van der Waals surface area (Å²) in [7, 11) is 1.61. The molecule has 0 bridgehead atoms. The zero-order chi connectivity index (χ0) is 14.8. The van der Waals surface area contributed by atoms with Crippen molar-refractivity contribution in [1.29, 1.82) is 0 Å². The summed E-state index contributed by atoms with van der Waals surface area (Å²) in [4.78, 5) is 23.2. The van der Waals surface area contributed by atoms with Crippen LogP contribution in [0.5, 0.6) is 0 Å². The van der Waals surface area contributed by atoms with Crippen molar-refractivity contribution in [2.45, 2.75) is 26.2 Å². The van der Waals surface area contributed by atoms with Crippen molar-refractivity contribution in [3.05, 3.63) is 29.8 Å². The average molecular weight is 279 g/mol. The van der Waals surface area contributed by atoms with Crippen molar-refractivity contribution >= 4 is 17.6 Å². The van der Waals surface area contributed by atoms with Gasteiger partial charge < -0.3 is 14.8 Å². The number of ether oxygens (including phenoxy) is 2. The standard InChI is InChI=1S/C15H21NO4/c1-3-10-20-15(18)12-6-8-13(9-7-12)16-14(17)5-4-11-19-2/h6-9H,3-5,10-11H2,1-2H3,(H,16,17). The Kier molecular flexibility index (Phi) is 7.35. The predicted octanol–water partition coefficient (Wildman–Crippen LogP) is 2.62. The minimum atomic E-state index is -0.343. The molecule has 1 N–H and O–H groups in total. The molecule has 110 valence electrons. The van der Waals surface area contributed by atoms with Crippen LogP contribution >= 0.6 is 0 Å². The molecule has 0 aliphatic carbocycles. The topological polar surface area (TPSA) is 64.6 Å². The van der Waals surface area contributed by atoms with Crippen LogP contribution in [0.4, 0.5) is 5.69 Å². The molecule has 0 unspecified atom stereocenters. The molecule has 1 aromatic carbocycles. The Morgan fingerprint density at radius 2 is 1.85 bits per heavy atom. The molecule has 0 heterocycles. The zero-order valence-electron chi connectivity index (χ0n) is 12.0. The van der Waals surface area contributed by atoms with E-state index in [4.69, 9.17) is 9.47 Å². The number of rotatable bonds is 8. The van der Waals surface area contributed by atoms with E-state index in [1.54, 1.807) is 31.4 Å². The van der Waals surface area contributed by atoms with Crippen LogP contribution in [-0.2, 0) is 14.3 Å². The van der Waals surface area contributed by atoms with Crippen molar-refractivity contribution in [3.63, 3.8) is 0 Å². The van der Waals surface area contributed by atoms with Gasteiger partial charge in [-0.25, -0.2) is 4.79 Å². The maximum absolute atomic E-state index is 11.6. The fraction of sp³-hybridized carbons (Fsp3) is 0.467. The lowest BCUT2D eigenvalue weighted by molar-refractivity contribution is -0.116. The van der Waals surface area contributed by atoms with Gasteiger partial charge in [-0.15, -0.1) is 0 Å². The summed E-state index contributed by atoms with van der Waals surface area (Å²) < 4.78 is 9.91. The molecule has 0 radical (unpaired) electrons. The molecule has 0 spiro atoms. The number of nitrogens with one attached hydrogen (secondary N) is 1. The zero-order valence-corrected chi connectivity index (χ0v) is 12.0. The molecule has 5 heteroatoms. The number of anilines is 1. The lowest BCUT2D eigenvalue weighted by atomic mass is 10.2. The van der Waals surface area contributed by atoms with Gasteiger partial charge in [-0.1, -0.05) is 6.92 Å². The molecule has 1 rings (SSSR count). The average Bonchev–Trinajstić information content (AvgIpc) is 2.46. The van der Waals surface area contributed by atoms with Crippen LogP contribution in [0.15, 0.2) is 24.3 Å². The molecule has 0 saturated carbocycles. The van der Waals surface area contributed by atoms with Crippen LogP contribution in [0.2, 0.25) is 0 Å². The number of benzene rings is 1. The maximum Gasteiger partial charge on any atom is 0.338 e. The smallest absolute Gasteiger partial charge is 0.338 e. The number of carbonyl (C=O) groups is 2. The summed E-state index contributed by atoms with van der Waals surface area (Å²) >= 11 is 0. The molecule has 0 fully saturated rings. The Labute approximate surface area is 119 Å². The number of esters is 1. The Morgan fingerprint density at radius 3 is 2.45 bits per heavy atom. The first-order chi connectivity index (χ1) is 9.67. The summed E-state index contributed by atoms with van der Waals surface area (Å²) in [6, 6.07) is 6.67. The van der Waals surface area contributed by atoms with Crippen LogP contribution < -0.4 is 5.32 Å². The van der Waals surface area contributed by atoms with E-state index in [2.05, 4.69) is 5.32 Å². The van der Waals surface area contributed by atoms with Crippen molar-refractivity contribution in [1.82, 2.24) is 0 Å². The SMILES string of the molecule is CCCOC(=O)c1ccc(NC(=O)CCCOC)cc1. The molecule has 1 amide bonds. The van der Waals surface area contributed by atoms with Crippen molar-refractivity contribution in [2.75, 3.05) is 25.6 Å². The fourth-order valence-corrected chi connectivity index (χ4v) is 1.57. The quantitative estimate of drug-likeness (QED) is 0.587. The van der Waals surface area contributed by atoms with Gasteiger partial charge in [0.1, 0.15) is 0 Å². The summed E-state index contributed by atoms with van der Waals surface area (Å²) in [5, 5.41) is 2.76. The van der Waals surface area contributed by atoms with Crippen molar-refractivity contribution in [2.24, 2.45) is 0 Å². The van der Waals surface area contributed by atoms with E-state index in [0.717, 1.165) is 6.42 Å². The van der Waals surface area contributed by atoms with Gasteiger partial charge in [0.25, 0.3) is 0 Å². The molecular formula is C15H21NO4. The van der Waals surface area contributed by atoms with Gasteiger partial charge in [0, 0.05) is 25.8 Å². The highest BCUT2D eigenvalue weighted by Gasteiger charge is 2.07. The molecule has 0 aliphatic rings. The normalized spacial score (nSPS) is 10.1. The molecule has 0 saturated heterocycles. The van der Waals surface area contributed by atoms with Crippen molar-refractivity contribution in [3.8, 4) is 0 Å². The minimum absolute atomic E-state index is 0.0663. The number of hydrogen-bond acceptors (Lipinski definition) is 4. The van der Waals surface area contributed by atoms with Gasteiger partial charge in [-0.05, 0) is 37.1 Å². The second kappa shape index (κ2) is 9.09. The molecule has 1 aromatic rings. The Balaban J connectivity index is 2.45. The van der Waals surface area contributed by atoms with Crippen molar-refractivity contribution < 1.29 is 19.1 Å². The minimum Gasteiger partial charge on any atom is -0.462 e. The highest BCUT2D eigenvalue weighted by molar-refractivity contribution is 5.93. The molecule has 0 aromatic heterocycles. The summed E-state index contributed by atoms with van der Waals surface area (Å²) in [5.74, 6) is -0.409. The van der Waals surface area contributed by atoms with E-state index in [9.17, 15) is 9.59 Å². The summed E-state index contributed by atoms with van der Waals surface area (Å²) in [6.07, 6.45) is 1.89. The molecule has 20 heavy (non-hydrogen) atoms. The first-order valence-corrected chi connectivity index (χ1v) is 6.73. The van der Waals surface area contributed by atoms with Crippen LogP contribution in [0.3, 0.4) is 0 Å². The highest BCUT2D eigenvalue weighted by atomic mass is 16.5. The number of methoxy groups -OCH3 is 1. The largest absolute Gasteiger partial charge is 0.462 e. The second-order valence-corrected chi connectivity index (χ2v) is 4.36. The summed E-state index contributed by atoms with van der Waals surface area (Å²) in [5.41, 5.74) is 1.15. The number of amides is 1.